The van der Waals surface area contributed by atoms with Crippen LogP contribution in [-0.2, 0) is 4.79 Å². The minimum absolute atomic E-state index is 0.139. The van der Waals surface area contributed by atoms with Gasteiger partial charge in [0.05, 0.1) is 0 Å². The smallest absolute Gasteiger partial charge is 0.248 e. The van der Waals surface area contributed by atoms with E-state index in [2.05, 4.69) is 17.4 Å². The zero-order chi connectivity index (χ0) is 15.4. The number of benzene rings is 2. The van der Waals surface area contributed by atoms with Gasteiger partial charge in [0.2, 0.25) is 5.91 Å². The highest BCUT2D eigenvalue weighted by molar-refractivity contribution is 6.30. The molecule has 0 aliphatic carbocycles. The van der Waals surface area contributed by atoms with E-state index in [1.165, 1.54) is 11.6 Å². The van der Waals surface area contributed by atoms with E-state index in [1.807, 2.05) is 32.9 Å². The monoisotopic (exact) mass is 299 g/mol. The predicted octanol–water partition coefficient (Wildman–Crippen LogP) is 4.92. The summed E-state index contributed by atoms with van der Waals surface area (Å²) in [5.41, 5.74) is 5.15. The molecule has 0 fully saturated rings. The Balaban J connectivity index is 2.10. The molecule has 0 aromatic heterocycles. The number of anilines is 1. The van der Waals surface area contributed by atoms with Gasteiger partial charge in [0.25, 0.3) is 0 Å². The molecule has 0 aliphatic heterocycles. The van der Waals surface area contributed by atoms with Gasteiger partial charge < -0.3 is 5.32 Å². The van der Waals surface area contributed by atoms with E-state index in [0.717, 1.165) is 22.4 Å². The second-order valence-corrected chi connectivity index (χ2v) is 5.58. The number of halogens is 1. The van der Waals surface area contributed by atoms with Crippen molar-refractivity contribution in [3.63, 3.8) is 0 Å². The zero-order valence-corrected chi connectivity index (χ0v) is 13.2. The molecule has 2 aromatic rings. The summed E-state index contributed by atoms with van der Waals surface area (Å²) in [5.74, 6) is -0.139. The summed E-state index contributed by atoms with van der Waals surface area (Å²) in [6, 6.07) is 11.5. The van der Waals surface area contributed by atoms with Crippen LogP contribution in [-0.4, -0.2) is 5.91 Å². The predicted molar refractivity (Wildman–Crippen MR) is 89.8 cm³/mol. The summed E-state index contributed by atoms with van der Waals surface area (Å²) in [6.07, 6.45) is 3.30. The lowest BCUT2D eigenvalue weighted by Gasteiger charge is -2.11. The van der Waals surface area contributed by atoms with Crippen LogP contribution in [0.1, 0.15) is 22.3 Å². The SMILES string of the molecule is Cc1cc(C)c(NC(=O)C=Cc2ccc(Cl)cc2)c(C)c1. The van der Waals surface area contributed by atoms with E-state index in [4.69, 9.17) is 11.6 Å². The molecule has 0 saturated carbocycles. The Morgan fingerprint density at radius 1 is 1.05 bits per heavy atom. The summed E-state index contributed by atoms with van der Waals surface area (Å²) in [7, 11) is 0. The van der Waals surface area contributed by atoms with Crippen molar-refractivity contribution in [3.05, 3.63) is 69.8 Å². The Labute approximate surface area is 130 Å². The first-order valence-electron chi connectivity index (χ1n) is 6.78. The first-order valence-corrected chi connectivity index (χ1v) is 7.16. The van der Waals surface area contributed by atoms with Crippen LogP contribution >= 0.6 is 11.6 Å². The molecule has 2 nitrogen and oxygen atoms in total. The van der Waals surface area contributed by atoms with Crippen LogP contribution in [0.4, 0.5) is 5.69 Å². The molecule has 0 spiro atoms. The van der Waals surface area contributed by atoms with Crippen molar-refractivity contribution in [1.82, 2.24) is 0 Å². The maximum Gasteiger partial charge on any atom is 0.248 e. The third kappa shape index (κ3) is 4.20. The third-order valence-corrected chi connectivity index (χ3v) is 3.47. The van der Waals surface area contributed by atoms with E-state index < -0.39 is 0 Å². The van der Waals surface area contributed by atoms with Gasteiger partial charge in [-0.05, 0) is 55.7 Å². The number of aryl methyl sites for hydroxylation is 3. The molecule has 3 heteroatoms. The van der Waals surface area contributed by atoms with Gasteiger partial charge in [0.15, 0.2) is 0 Å². The van der Waals surface area contributed by atoms with Gasteiger partial charge in [-0.3, -0.25) is 4.79 Å². The molecule has 0 heterocycles. The molecule has 0 atom stereocenters. The molecular formula is C18H18ClNO. The van der Waals surface area contributed by atoms with Crippen molar-refractivity contribution in [2.75, 3.05) is 5.32 Å². The van der Waals surface area contributed by atoms with Crippen LogP contribution in [0.25, 0.3) is 6.08 Å². The molecule has 0 saturated heterocycles. The first-order chi connectivity index (χ1) is 9.95. The zero-order valence-electron chi connectivity index (χ0n) is 12.4. The average molecular weight is 300 g/mol. The highest BCUT2D eigenvalue weighted by Gasteiger charge is 2.06. The Morgan fingerprint density at radius 2 is 1.62 bits per heavy atom. The summed E-state index contributed by atoms with van der Waals surface area (Å²) in [6.45, 7) is 6.04. The highest BCUT2D eigenvalue weighted by Crippen LogP contribution is 2.22. The van der Waals surface area contributed by atoms with Crippen molar-refractivity contribution in [2.45, 2.75) is 20.8 Å². The molecule has 1 amide bonds. The fraction of sp³-hybridized carbons (Fsp3) is 0.167. The molecule has 0 unspecified atom stereocenters. The maximum atomic E-state index is 12.0. The number of carbonyl (C=O) groups is 1. The van der Waals surface area contributed by atoms with Crippen LogP contribution in [0.15, 0.2) is 42.5 Å². The molecule has 21 heavy (non-hydrogen) atoms. The number of rotatable bonds is 3. The maximum absolute atomic E-state index is 12.0. The number of hydrogen-bond donors (Lipinski definition) is 1. The number of amides is 1. The van der Waals surface area contributed by atoms with Gasteiger partial charge in [-0.25, -0.2) is 0 Å². The summed E-state index contributed by atoms with van der Waals surface area (Å²) >= 11 is 5.83. The number of hydrogen-bond acceptors (Lipinski definition) is 1. The standard InChI is InChI=1S/C18H18ClNO/c1-12-10-13(2)18(14(3)11-12)20-17(21)9-6-15-4-7-16(19)8-5-15/h4-11H,1-3H3,(H,20,21). The summed E-state index contributed by atoms with van der Waals surface area (Å²) in [5, 5.41) is 3.62. The van der Waals surface area contributed by atoms with Gasteiger partial charge >= 0.3 is 0 Å². The quantitative estimate of drug-likeness (QED) is 0.801. The Kier molecular flexibility index (Phi) is 4.81. The molecule has 108 valence electrons. The van der Waals surface area contributed by atoms with Crippen molar-refractivity contribution >= 4 is 29.3 Å². The van der Waals surface area contributed by atoms with Crippen LogP contribution in [0, 0.1) is 20.8 Å². The topological polar surface area (TPSA) is 29.1 Å². The van der Waals surface area contributed by atoms with E-state index in [-0.39, 0.29) is 5.91 Å². The summed E-state index contributed by atoms with van der Waals surface area (Å²) < 4.78 is 0. The molecule has 2 rings (SSSR count). The third-order valence-electron chi connectivity index (χ3n) is 3.22. The van der Waals surface area contributed by atoms with E-state index in [0.29, 0.717) is 5.02 Å². The lowest BCUT2D eigenvalue weighted by Crippen LogP contribution is -2.10. The van der Waals surface area contributed by atoms with Gasteiger partial charge in [-0.1, -0.05) is 41.4 Å². The van der Waals surface area contributed by atoms with Gasteiger partial charge in [-0.15, -0.1) is 0 Å². The molecular weight excluding hydrogens is 282 g/mol. The second kappa shape index (κ2) is 6.59. The first kappa shape index (κ1) is 15.3. The highest BCUT2D eigenvalue weighted by atomic mass is 35.5. The van der Waals surface area contributed by atoms with Gasteiger partial charge in [-0.2, -0.15) is 0 Å². The fourth-order valence-electron chi connectivity index (χ4n) is 2.29. The van der Waals surface area contributed by atoms with Gasteiger partial charge in [0.1, 0.15) is 0 Å². The number of nitrogens with one attached hydrogen (secondary N) is 1. The van der Waals surface area contributed by atoms with Crippen molar-refractivity contribution in [2.24, 2.45) is 0 Å². The van der Waals surface area contributed by atoms with Crippen LogP contribution in [0.3, 0.4) is 0 Å². The number of carbonyl (C=O) groups excluding carboxylic acids is 1. The minimum atomic E-state index is -0.139. The largest absolute Gasteiger partial charge is 0.322 e. The van der Waals surface area contributed by atoms with E-state index in [9.17, 15) is 4.79 Å². The molecule has 0 radical (unpaired) electrons. The average Bonchev–Trinajstić information content (AvgIpc) is 2.42. The Morgan fingerprint density at radius 3 is 2.19 bits per heavy atom. The molecule has 2 aromatic carbocycles. The van der Waals surface area contributed by atoms with Crippen LogP contribution in [0.5, 0.6) is 0 Å². The van der Waals surface area contributed by atoms with Crippen molar-refractivity contribution < 1.29 is 4.79 Å². The van der Waals surface area contributed by atoms with Crippen LogP contribution < -0.4 is 5.32 Å². The normalized spacial score (nSPS) is 10.9. The van der Waals surface area contributed by atoms with Crippen molar-refractivity contribution in [3.8, 4) is 0 Å². The second-order valence-electron chi connectivity index (χ2n) is 5.15. The van der Waals surface area contributed by atoms with Gasteiger partial charge in [0, 0.05) is 16.8 Å². The fourth-order valence-corrected chi connectivity index (χ4v) is 2.41. The lowest BCUT2D eigenvalue weighted by molar-refractivity contribution is -0.111. The lowest BCUT2D eigenvalue weighted by atomic mass is 10.1. The molecule has 0 bridgehead atoms. The Hall–Kier alpha value is -2.06. The summed E-state index contributed by atoms with van der Waals surface area (Å²) in [4.78, 5) is 12.0. The van der Waals surface area contributed by atoms with Crippen LogP contribution in [0.2, 0.25) is 5.02 Å². The minimum Gasteiger partial charge on any atom is -0.322 e. The van der Waals surface area contributed by atoms with E-state index >= 15 is 0 Å². The molecule has 0 aliphatic rings. The Bertz CT molecular complexity index is 664. The molecule has 1 N–H and O–H groups in total. The van der Waals surface area contributed by atoms with Crippen molar-refractivity contribution in [1.29, 1.82) is 0 Å². The van der Waals surface area contributed by atoms with E-state index in [1.54, 1.807) is 18.2 Å².